The molecule has 2 aromatic heterocycles. The number of pyridine rings is 2. The van der Waals surface area contributed by atoms with Crippen LogP contribution in [0.4, 0.5) is 15.8 Å². The number of likely N-dealkylation sites (N-methyl/N-ethyl adjacent to an activating group) is 1. The van der Waals surface area contributed by atoms with Crippen LogP contribution in [0.1, 0.15) is 29.8 Å². The van der Waals surface area contributed by atoms with E-state index in [1.54, 1.807) is 48.5 Å². The Balaban J connectivity index is 1.39. The number of rotatable bonds is 9. The number of aromatic nitrogens is 2. The molecule has 2 N–H and O–H groups in total. The second kappa shape index (κ2) is 11.4. The number of sulfonamides is 1. The van der Waals surface area contributed by atoms with Crippen LogP contribution in [0.15, 0.2) is 60.9 Å². The van der Waals surface area contributed by atoms with E-state index >= 15 is 4.39 Å². The molecule has 0 unspecified atom stereocenters. The van der Waals surface area contributed by atoms with Gasteiger partial charge in [0.15, 0.2) is 0 Å². The number of hydrogen-bond donors (Lipinski definition) is 2. The average molecular weight is 633 g/mol. The highest BCUT2D eigenvalue weighted by Crippen LogP contribution is 2.50. The van der Waals surface area contributed by atoms with Gasteiger partial charge in [0, 0.05) is 72.6 Å². The second-order valence-corrected chi connectivity index (χ2v) is 13.5. The minimum absolute atomic E-state index is 0.0577. The molecule has 6 rings (SSSR count). The zero-order valence-corrected chi connectivity index (χ0v) is 26.1. The molecule has 13 heteroatoms. The van der Waals surface area contributed by atoms with Gasteiger partial charge >= 0.3 is 0 Å². The van der Waals surface area contributed by atoms with Crippen LogP contribution < -0.4 is 19.7 Å². The lowest BCUT2D eigenvalue weighted by atomic mass is 9.73. The Hall–Kier alpha value is -4.62. The highest BCUT2D eigenvalue weighted by Gasteiger charge is 2.59. The third kappa shape index (κ3) is 5.57. The fourth-order valence-corrected chi connectivity index (χ4v) is 6.55. The third-order valence-electron chi connectivity index (χ3n) is 8.07. The van der Waals surface area contributed by atoms with E-state index in [9.17, 15) is 18.0 Å². The number of hydrogen-bond acceptors (Lipinski definition) is 8. The highest BCUT2D eigenvalue weighted by atomic mass is 32.2. The number of benzene rings is 2. The Kier molecular flexibility index (Phi) is 7.69. The number of carbonyl (C=O) groups excluding carboxylic acids is 2. The van der Waals surface area contributed by atoms with Gasteiger partial charge in [-0.2, -0.15) is 0 Å². The van der Waals surface area contributed by atoms with Crippen molar-refractivity contribution in [3.8, 4) is 17.0 Å². The van der Waals surface area contributed by atoms with Gasteiger partial charge < -0.3 is 19.9 Å². The van der Waals surface area contributed by atoms with Crippen LogP contribution in [0.5, 0.6) is 5.88 Å². The van der Waals surface area contributed by atoms with E-state index in [1.807, 2.05) is 19.9 Å². The van der Waals surface area contributed by atoms with Crippen molar-refractivity contribution in [1.29, 1.82) is 0 Å². The highest BCUT2D eigenvalue weighted by molar-refractivity contribution is 7.92. The summed E-state index contributed by atoms with van der Waals surface area (Å²) in [7, 11) is -2.05. The summed E-state index contributed by atoms with van der Waals surface area (Å²) in [5, 5.41) is 3.77. The molecule has 0 bridgehead atoms. The SMILES string of the molecule is CC(C)NCCOc1ncc(-c2cc3c4c(cnc3cc2F)N(C)C(=O)C42CN(C(=O)c3ccccc3)C2)cc1NS(C)(=O)=O. The molecule has 11 nitrogen and oxygen atoms in total. The molecule has 0 aliphatic carbocycles. The number of halogens is 1. The molecule has 4 aromatic rings. The van der Waals surface area contributed by atoms with Crippen LogP contribution >= 0.6 is 0 Å². The third-order valence-corrected chi connectivity index (χ3v) is 8.66. The van der Waals surface area contributed by atoms with Gasteiger partial charge in [-0.25, -0.2) is 17.8 Å². The summed E-state index contributed by atoms with van der Waals surface area (Å²) in [6, 6.07) is 13.5. The van der Waals surface area contributed by atoms with E-state index < -0.39 is 21.3 Å². The van der Waals surface area contributed by atoms with Gasteiger partial charge in [-0.15, -0.1) is 0 Å². The maximum absolute atomic E-state index is 15.7. The van der Waals surface area contributed by atoms with Gasteiger partial charge in [0.05, 0.1) is 23.7 Å². The van der Waals surface area contributed by atoms with Gasteiger partial charge in [-0.1, -0.05) is 32.0 Å². The molecule has 234 valence electrons. The Bertz CT molecular complexity index is 1930. The fraction of sp³-hybridized carbons (Fsp3) is 0.312. The van der Waals surface area contributed by atoms with Gasteiger partial charge in [0.1, 0.15) is 23.5 Å². The van der Waals surface area contributed by atoms with Gasteiger partial charge in [-0.05, 0) is 24.3 Å². The maximum atomic E-state index is 15.7. The summed E-state index contributed by atoms with van der Waals surface area (Å²) in [6.45, 7) is 5.08. The van der Waals surface area contributed by atoms with Crippen molar-refractivity contribution in [2.24, 2.45) is 0 Å². The lowest BCUT2D eigenvalue weighted by molar-refractivity contribution is -0.127. The summed E-state index contributed by atoms with van der Waals surface area (Å²) in [4.78, 5) is 38.8. The van der Waals surface area contributed by atoms with Crippen molar-refractivity contribution in [3.63, 3.8) is 0 Å². The van der Waals surface area contributed by atoms with Gasteiger partial charge in [-0.3, -0.25) is 19.3 Å². The van der Waals surface area contributed by atoms with Gasteiger partial charge in [0.25, 0.3) is 5.91 Å². The Morgan fingerprint density at radius 1 is 1.11 bits per heavy atom. The molecule has 4 heterocycles. The summed E-state index contributed by atoms with van der Waals surface area (Å²) < 4.78 is 48.2. The Morgan fingerprint density at radius 3 is 2.53 bits per heavy atom. The van der Waals surface area contributed by atoms with Crippen LogP contribution in [-0.2, 0) is 20.2 Å². The number of nitrogens with zero attached hydrogens (tertiary/aromatic N) is 4. The van der Waals surface area contributed by atoms with Crippen LogP contribution in [-0.4, -0.2) is 80.7 Å². The van der Waals surface area contributed by atoms with Crippen molar-refractivity contribution < 1.29 is 27.1 Å². The molecule has 0 radical (unpaired) electrons. The number of amides is 2. The minimum Gasteiger partial charge on any atom is -0.475 e. The van der Waals surface area contributed by atoms with Gasteiger partial charge in [0.2, 0.25) is 21.8 Å². The van der Waals surface area contributed by atoms with E-state index in [1.165, 1.54) is 23.2 Å². The number of fused-ring (bicyclic) bond motifs is 4. The van der Waals surface area contributed by atoms with Crippen molar-refractivity contribution in [2.45, 2.75) is 25.3 Å². The van der Waals surface area contributed by atoms with Crippen molar-refractivity contribution in [1.82, 2.24) is 20.2 Å². The molecule has 0 atom stereocenters. The number of ether oxygens (including phenoxy) is 1. The first-order chi connectivity index (χ1) is 21.4. The van der Waals surface area contributed by atoms with Crippen LogP contribution in [0.2, 0.25) is 0 Å². The molecule has 45 heavy (non-hydrogen) atoms. The summed E-state index contributed by atoms with van der Waals surface area (Å²) in [5.74, 6) is -0.876. The second-order valence-electron chi connectivity index (χ2n) is 11.7. The molecule has 2 amide bonds. The number of anilines is 2. The topological polar surface area (TPSA) is 134 Å². The normalized spacial score (nSPS) is 15.5. The number of carbonyl (C=O) groups is 2. The predicted molar refractivity (Wildman–Crippen MR) is 169 cm³/mol. The first-order valence-electron chi connectivity index (χ1n) is 14.5. The summed E-state index contributed by atoms with van der Waals surface area (Å²) in [6.07, 6.45) is 3.98. The van der Waals surface area contributed by atoms with E-state index in [4.69, 9.17) is 4.74 Å². The molecular formula is C32H33FN6O5S. The van der Waals surface area contributed by atoms with Crippen molar-refractivity contribution >= 4 is 44.1 Å². The first kappa shape index (κ1) is 30.4. The van der Waals surface area contributed by atoms with Crippen molar-refractivity contribution in [2.75, 3.05) is 49.2 Å². The molecule has 2 aliphatic heterocycles. The van der Waals surface area contributed by atoms with E-state index in [0.717, 1.165) is 6.26 Å². The average Bonchev–Trinajstić information content (AvgIpc) is 3.20. The van der Waals surface area contributed by atoms with Crippen molar-refractivity contribution in [3.05, 3.63) is 77.9 Å². The number of likely N-dealkylation sites (tertiary alicyclic amines) is 1. The zero-order chi connectivity index (χ0) is 32.1. The Morgan fingerprint density at radius 2 is 1.84 bits per heavy atom. The molecular weight excluding hydrogens is 599 g/mol. The maximum Gasteiger partial charge on any atom is 0.253 e. The lowest BCUT2D eigenvalue weighted by Crippen LogP contribution is -2.65. The molecule has 2 aromatic carbocycles. The molecule has 1 saturated heterocycles. The summed E-state index contributed by atoms with van der Waals surface area (Å²) in [5.41, 5.74) is 1.65. The number of nitrogens with one attached hydrogen (secondary N) is 2. The fourth-order valence-electron chi connectivity index (χ4n) is 6.01. The summed E-state index contributed by atoms with van der Waals surface area (Å²) >= 11 is 0. The predicted octanol–water partition coefficient (Wildman–Crippen LogP) is 3.55. The zero-order valence-electron chi connectivity index (χ0n) is 25.3. The van der Waals surface area contributed by atoms with E-state index in [2.05, 4.69) is 20.0 Å². The lowest BCUT2D eigenvalue weighted by Gasteiger charge is -2.47. The minimum atomic E-state index is -3.72. The first-order valence-corrected chi connectivity index (χ1v) is 16.4. The van der Waals surface area contributed by atoms with Crippen LogP contribution in [0, 0.1) is 5.82 Å². The van der Waals surface area contributed by atoms with E-state index in [-0.39, 0.29) is 54.7 Å². The molecule has 1 fully saturated rings. The molecule has 2 aliphatic rings. The Labute approximate surface area is 260 Å². The quantitative estimate of drug-likeness (QED) is 0.268. The van der Waals surface area contributed by atoms with Crippen LogP contribution in [0.3, 0.4) is 0 Å². The standard InChI is InChI=1S/C32H33FN6O5S/c1-19(2)34-10-11-44-29-26(37-45(4,42)43)12-21(15-36-29)22-13-23-25(14-24(22)33)35-16-27-28(23)32(31(41)38(27)3)17-39(18-32)30(40)20-8-6-5-7-9-20/h5-9,12-16,19,34,37H,10-11,17-18H2,1-4H3. The van der Waals surface area contributed by atoms with Crippen LogP contribution in [0.25, 0.3) is 22.0 Å². The smallest absolute Gasteiger partial charge is 0.253 e. The molecule has 0 saturated carbocycles. The largest absolute Gasteiger partial charge is 0.475 e. The monoisotopic (exact) mass is 632 g/mol. The molecule has 1 spiro atoms. The van der Waals surface area contributed by atoms with E-state index in [0.29, 0.717) is 39.8 Å².